The van der Waals surface area contributed by atoms with Crippen LogP contribution in [0.1, 0.15) is 0 Å². The summed E-state index contributed by atoms with van der Waals surface area (Å²) in [4.78, 5) is 0. The monoisotopic (exact) mass is 314 g/mol. The standard InChI is InChI=1S/C12H10O2S4/c1-3-15-11-7(1)13-9(5-17-11)10-6-18-12-8(14-10)2-4-16-12/h1-4,9-10H,5-6H2/t9-,10-/m0/s1. The SMILES string of the molecule is c1cc2c(s1)SC[C@@H]([C@@H]1CSc3sccc3O1)O2. The van der Waals surface area contributed by atoms with Gasteiger partial charge in [0.15, 0.2) is 0 Å². The Morgan fingerprint density at radius 2 is 1.33 bits per heavy atom. The van der Waals surface area contributed by atoms with Gasteiger partial charge in [-0.1, -0.05) is 0 Å². The molecule has 2 aliphatic heterocycles. The Bertz CT molecular complexity index is 512. The first-order valence-electron chi connectivity index (χ1n) is 5.64. The van der Waals surface area contributed by atoms with E-state index in [4.69, 9.17) is 9.47 Å². The van der Waals surface area contributed by atoms with Crippen molar-refractivity contribution in [2.75, 3.05) is 11.5 Å². The van der Waals surface area contributed by atoms with Crippen molar-refractivity contribution in [3.63, 3.8) is 0 Å². The Morgan fingerprint density at radius 3 is 1.83 bits per heavy atom. The lowest BCUT2D eigenvalue weighted by atomic mass is 10.2. The van der Waals surface area contributed by atoms with E-state index in [2.05, 4.69) is 22.9 Å². The summed E-state index contributed by atoms with van der Waals surface area (Å²) in [6, 6.07) is 4.12. The van der Waals surface area contributed by atoms with Crippen LogP contribution in [0.4, 0.5) is 0 Å². The molecule has 0 radical (unpaired) electrons. The molecule has 0 aromatic carbocycles. The van der Waals surface area contributed by atoms with Crippen molar-refractivity contribution in [2.45, 2.75) is 20.6 Å². The summed E-state index contributed by atoms with van der Waals surface area (Å²) in [6.45, 7) is 0. The molecule has 0 unspecified atom stereocenters. The average Bonchev–Trinajstić information content (AvgIpc) is 3.05. The van der Waals surface area contributed by atoms with Crippen molar-refractivity contribution in [1.29, 1.82) is 0 Å². The first-order chi connectivity index (χ1) is 8.90. The van der Waals surface area contributed by atoms with Crippen LogP contribution in [0.5, 0.6) is 11.5 Å². The van der Waals surface area contributed by atoms with Crippen LogP contribution in [0.15, 0.2) is 31.3 Å². The van der Waals surface area contributed by atoms with Crippen LogP contribution < -0.4 is 9.47 Å². The molecular formula is C12H10O2S4. The quantitative estimate of drug-likeness (QED) is 0.784. The van der Waals surface area contributed by atoms with E-state index >= 15 is 0 Å². The van der Waals surface area contributed by atoms with Gasteiger partial charge in [0.2, 0.25) is 0 Å². The second-order valence-corrected chi connectivity index (χ2v) is 8.49. The van der Waals surface area contributed by atoms with E-state index in [0.717, 1.165) is 23.0 Å². The zero-order chi connectivity index (χ0) is 11.9. The van der Waals surface area contributed by atoms with Crippen LogP contribution in [0.2, 0.25) is 0 Å². The molecule has 0 aliphatic carbocycles. The molecule has 2 aliphatic rings. The predicted octanol–water partition coefficient (Wildman–Crippen LogP) is 4.22. The molecule has 2 nitrogen and oxygen atoms in total. The number of rotatable bonds is 1. The number of thiophene rings is 2. The first-order valence-corrected chi connectivity index (χ1v) is 9.37. The number of hydrogen-bond acceptors (Lipinski definition) is 6. The molecule has 2 aromatic heterocycles. The summed E-state index contributed by atoms with van der Waals surface area (Å²) in [5.41, 5.74) is 0. The lowest BCUT2D eigenvalue weighted by molar-refractivity contribution is 0.0765. The van der Waals surface area contributed by atoms with Crippen molar-refractivity contribution >= 4 is 46.2 Å². The normalized spacial score (nSPS) is 25.8. The van der Waals surface area contributed by atoms with E-state index in [9.17, 15) is 0 Å². The Labute approximate surface area is 122 Å². The molecule has 0 saturated heterocycles. The van der Waals surface area contributed by atoms with E-state index in [1.807, 2.05) is 23.5 Å². The van der Waals surface area contributed by atoms with Gasteiger partial charge in [-0.3, -0.25) is 0 Å². The van der Waals surface area contributed by atoms with Gasteiger partial charge in [0, 0.05) is 11.5 Å². The molecule has 6 heteroatoms. The molecule has 94 valence electrons. The maximum atomic E-state index is 6.06. The van der Waals surface area contributed by atoms with Crippen LogP contribution in [-0.4, -0.2) is 23.7 Å². The molecule has 2 atom stereocenters. The minimum atomic E-state index is 0.164. The van der Waals surface area contributed by atoms with E-state index < -0.39 is 0 Å². The number of hydrogen-bond donors (Lipinski definition) is 0. The first kappa shape index (κ1) is 11.5. The fraction of sp³-hybridized carbons (Fsp3) is 0.333. The maximum Gasteiger partial charge on any atom is 0.146 e. The summed E-state index contributed by atoms with van der Waals surface area (Å²) < 4.78 is 14.7. The van der Waals surface area contributed by atoms with Crippen molar-refractivity contribution in [3.05, 3.63) is 22.9 Å². The molecule has 0 N–H and O–H groups in total. The molecule has 2 aromatic rings. The van der Waals surface area contributed by atoms with Crippen LogP contribution in [0, 0.1) is 0 Å². The third-order valence-corrected chi connectivity index (χ3v) is 7.50. The van der Waals surface area contributed by atoms with Crippen LogP contribution in [0.3, 0.4) is 0 Å². The third-order valence-electron chi connectivity index (χ3n) is 2.92. The minimum Gasteiger partial charge on any atom is -0.484 e. The lowest BCUT2D eigenvalue weighted by Crippen LogP contribution is -2.42. The molecule has 0 saturated carbocycles. The zero-order valence-electron chi connectivity index (χ0n) is 9.33. The van der Waals surface area contributed by atoms with Gasteiger partial charge in [0.1, 0.15) is 32.1 Å². The summed E-state index contributed by atoms with van der Waals surface area (Å²) in [5.74, 6) is 4.04. The molecule has 0 bridgehead atoms. The molecular weight excluding hydrogens is 304 g/mol. The van der Waals surface area contributed by atoms with Gasteiger partial charge in [-0.25, -0.2) is 0 Å². The molecule has 4 rings (SSSR count). The highest BCUT2D eigenvalue weighted by molar-refractivity contribution is 8.01. The topological polar surface area (TPSA) is 18.5 Å². The minimum absolute atomic E-state index is 0.164. The van der Waals surface area contributed by atoms with Crippen molar-refractivity contribution in [1.82, 2.24) is 0 Å². The van der Waals surface area contributed by atoms with Gasteiger partial charge in [0.05, 0.1) is 0 Å². The maximum absolute atomic E-state index is 6.06. The predicted molar refractivity (Wildman–Crippen MR) is 78.9 cm³/mol. The van der Waals surface area contributed by atoms with E-state index in [1.54, 1.807) is 22.7 Å². The second kappa shape index (κ2) is 4.67. The molecule has 0 amide bonds. The largest absolute Gasteiger partial charge is 0.484 e. The molecule has 18 heavy (non-hydrogen) atoms. The van der Waals surface area contributed by atoms with Gasteiger partial charge in [-0.15, -0.1) is 46.2 Å². The highest BCUT2D eigenvalue weighted by Crippen LogP contribution is 2.44. The van der Waals surface area contributed by atoms with Crippen molar-refractivity contribution in [2.24, 2.45) is 0 Å². The van der Waals surface area contributed by atoms with Gasteiger partial charge < -0.3 is 9.47 Å². The van der Waals surface area contributed by atoms with Gasteiger partial charge >= 0.3 is 0 Å². The summed E-state index contributed by atoms with van der Waals surface area (Å²) in [5, 5.41) is 4.18. The Kier molecular flexibility index (Phi) is 2.99. The van der Waals surface area contributed by atoms with E-state index in [-0.39, 0.29) is 12.2 Å². The van der Waals surface area contributed by atoms with Gasteiger partial charge in [0.25, 0.3) is 0 Å². The molecule has 0 spiro atoms. The number of ether oxygens (including phenoxy) is 2. The summed E-state index contributed by atoms with van der Waals surface area (Å²) in [6.07, 6.45) is 0.329. The highest BCUT2D eigenvalue weighted by atomic mass is 32.2. The third kappa shape index (κ3) is 1.95. The van der Waals surface area contributed by atoms with Crippen LogP contribution >= 0.6 is 46.2 Å². The molecule has 0 fully saturated rings. The lowest BCUT2D eigenvalue weighted by Gasteiger charge is -2.32. The summed E-state index contributed by atoms with van der Waals surface area (Å²) in [7, 11) is 0. The van der Waals surface area contributed by atoms with Crippen molar-refractivity contribution < 1.29 is 9.47 Å². The molecule has 4 heterocycles. The van der Waals surface area contributed by atoms with Gasteiger partial charge in [-0.2, -0.15) is 0 Å². The Hall–Kier alpha value is -0.300. The second-order valence-electron chi connectivity index (χ2n) is 4.08. The fourth-order valence-corrected chi connectivity index (χ4v) is 6.12. The number of thioether (sulfide) groups is 2. The highest BCUT2D eigenvalue weighted by Gasteiger charge is 2.33. The van der Waals surface area contributed by atoms with E-state index in [0.29, 0.717) is 0 Å². The van der Waals surface area contributed by atoms with E-state index in [1.165, 1.54) is 8.42 Å². The zero-order valence-corrected chi connectivity index (χ0v) is 12.6. The van der Waals surface area contributed by atoms with Crippen LogP contribution in [-0.2, 0) is 0 Å². The van der Waals surface area contributed by atoms with Gasteiger partial charge in [-0.05, 0) is 22.9 Å². The number of fused-ring (bicyclic) bond motifs is 2. The van der Waals surface area contributed by atoms with Crippen molar-refractivity contribution in [3.8, 4) is 11.5 Å². The van der Waals surface area contributed by atoms with Crippen LogP contribution in [0.25, 0.3) is 0 Å². The Balaban J connectivity index is 1.53. The summed E-state index contributed by atoms with van der Waals surface area (Å²) >= 11 is 7.29. The smallest absolute Gasteiger partial charge is 0.146 e. The average molecular weight is 314 g/mol. The fourth-order valence-electron chi connectivity index (χ4n) is 2.03. The Morgan fingerprint density at radius 1 is 0.833 bits per heavy atom.